The van der Waals surface area contributed by atoms with Crippen LogP contribution < -0.4 is 10.2 Å². The zero-order valence-corrected chi connectivity index (χ0v) is 17.1. The summed E-state index contributed by atoms with van der Waals surface area (Å²) < 4.78 is 5.29. The lowest BCUT2D eigenvalue weighted by Crippen LogP contribution is -2.41. The summed E-state index contributed by atoms with van der Waals surface area (Å²) in [6.07, 6.45) is -0.992. The van der Waals surface area contributed by atoms with Gasteiger partial charge in [0, 0.05) is 10.6 Å². The van der Waals surface area contributed by atoms with E-state index >= 15 is 0 Å². The van der Waals surface area contributed by atoms with Crippen LogP contribution in [0.3, 0.4) is 0 Å². The molecular weight excluding hydrogens is 400 g/mol. The summed E-state index contributed by atoms with van der Waals surface area (Å²) in [5, 5.41) is 4.84. The van der Waals surface area contributed by atoms with E-state index in [4.69, 9.17) is 4.74 Å². The smallest absolute Gasteiger partial charge is 0.326 e. The van der Waals surface area contributed by atoms with Gasteiger partial charge in [0.05, 0.1) is 11.4 Å². The highest BCUT2D eigenvalue weighted by Gasteiger charge is 2.28. The van der Waals surface area contributed by atoms with Gasteiger partial charge in [0.25, 0.3) is 5.91 Å². The normalized spacial score (nSPS) is 14.2. The molecule has 1 aliphatic rings. The topological polar surface area (TPSA) is 75.7 Å². The summed E-state index contributed by atoms with van der Waals surface area (Å²) in [6.45, 7) is 1.28. The fourth-order valence-electron chi connectivity index (χ4n) is 3.26. The van der Waals surface area contributed by atoms with Crippen LogP contribution in [0.2, 0.25) is 0 Å². The third-order valence-electron chi connectivity index (χ3n) is 4.79. The molecule has 152 valence electrons. The lowest BCUT2D eigenvalue weighted by Gasteiger charge is -2.28. The second-order valence-electron chi connectivity index (χ2n) is 6.92. The van der Waals surface area contributed by atoms with Crippen LogP contribution in [-0.2, 0) is 19.1 Å². The standard InChI is InChI=1S/C23H20N2O4S/c1-15(23(28)24-18-11-10-16-6-2-3-7-17(16)12-18)29-22(27)13-25-19-8-4-5-9-20(19)30-14-21(25)26/h2-12,15H,13-14H2,1H3,(H,24,28). The van der Waals surface area contributed by atoms with Gasteiger partial charge in [-0.25, -0.2) is 0 Å². The SMILES string of the molecule is CC(OC(=O)CN1C(=O)CSc2ccccc21)C(=O)Nc1ccc2ccccc2c1. The van der Waals surface area contributed by atoms with E-state index in [1.54, 1.807) is 12.1 Å². The van der Waals surface area contributed by atoms with E-state index < -0.39 is 18.0 Å². The largest absolute Gasteiger partial charge is 0.451 e. The molecule has 0 aromatic heterocycles. The highest BCUT2D eigenvalue weighted by atomic mass is 32.2. The minimum absolute atomic E-state index is 0.163. The van der Waals surface area contributed by atoms with Crippen molar-refractivity contribution in [2.24, 2.45) is 0 Å². The Morgan fingerprint density at radius 1 is 1.07 bits per heavy atom. The molecule has 0 aliphatic carbocycles. The first-order chi connectivity index (χ1) is 14.5. The monoisotopic (exact) mass is 420 g/mol. The van der Waals surface area contributed by atoms with Gasteiger partial charge < -0.3 is 10.1 Å². The Morgan fingerprint density at radius 3 is 2.63 bits per heavy atom. The number of nitrogens with one attached hydrogen (secondary N) is 1. The van der Waals surface area contributed by atoms with Crippen molar-refractivity contribution < 1.29 is 19.1 Å². The van der Waals surface area contributed by atoms with Gasteiger partial charge in [-0.3, -0.25) is 19.3 Å². The van der Waals surface area contributed by atoms with Gasteiger partial charge in [-0.15, -0.1) is 11.8 Å². The number of anilines is 2. The van der Waals surface area contributed by atoms with Crippen molar-refractivity contribution in [3.63, 3.8) is 0 Å². The van der Waals surface area contributed by atoms with Gasteiger partial charge in [0.15, 0.2) is 6.10 Å². The third kappa shape index (κ3) is 4.31. The molecule has 3 aromatic carbocycles. The number of ether oxygens (including phenoxy) is 1. The Labute approximate surface area is 178 Å². The number of hydrogen-bond donors (Lipinski definition) is 1. The van der Waals surface area contributed by atoms with Gasteiger partial charge in [-0.05, 0) is 42.0 Å². The van der Waals surface area contributed by atoms with Crippen LogP contribution in [0.4, 0.5) is 11.4 Å². The van der Waals surface area contributed by atoms with Crippen molar-refractivity contribution >= 4 is 51.7 Å². The van der Waals surface area contributed by atoms with E-state index in [0.717, 1.165) is 15.7 Å². The molecule has 7 heteroatoms. The van der Waals surface area contributed by atoms with Gasteiger partial charge in [-0.1, -0.05) is 42.5 Å². The average Bonchev–Trinajstić information content (AvgIpc) is 2.75. The maximum Gasteiger partial charge on any atom is 0.326 e. The number of benzene rings is 3. The summed E-state index contributed by atoms with van der Waals surface area (Å²) in [4.78, 5) is 39.5. The number of carbonyl (C=O) groups excluding carboxylic acids is 3. The lowest BCUT2D eigenvalue weighted by atomic mass is 10.1. The Morgan fingerprint density at radius 2 is 1.80 bits per heavy atom. The van der Waals surface area contributed by atoms with Crippen LogP contribution in [0, 0.1) is 0 Å². The van der Waals surface area contributed by atoms with Crippen molar-refractivity contribution in [3.8, 4) is 0 Å². The third-order valence-corrected chi connectivity index (χ3v) is 5.84. The van der Waals surface area contributed by atoms with E-state index in [-0.39, 0.29) is 18.2 Å². The number of carbonyl (C=O) groups is 3. The molecule has 0 saturated heterocycles. The Balaban J connectivity index is 1.38. The molecule has 2 amide bonds. The first-order valence-corrected chi connectivity index (χ1v) is 10.5. The van der Waals surface area contributed by atoms with Gasteiger partial charge >= 0.3 is 5.97 Å². The molecule has 1 atom stereocenters. The first kappa shape index (κ1) is 20.0. The Bertz CT molecular complexity index is 1130. The molecule has 6 nitrogen and oxygen atoms in total. The van der Waals surface area contributed by atoms with Crippen molar-refractivity contribution in [1.82, 2.24) is 0 Å². The van der Waals surface area contributed by atoms with Crippen LogP contribution in [0.25, 0.3) is 10.8 Å². The van der Waals surface area contributed by atoms with Gasteiger partial charge in [0.2, 0.25) is 5.91 Å². The van der Waals surface area contributed by atoms with Crippen LogP contribution in [0.15, 0.2) is 71.6 Å². The molecule has 1 heterocycles. The number of thioether (sulfide) groups is 1. The lowest BCUT2D eigenvalue weighted by molar-refractivity contribution is -0.152. The van der Waals surface area contributed by atoms with Crippen molar-refractivity contribution in [2.45, 2.75) is 17.9 Å². The molecule has 1 aliphatic heterocycles. The number of fused-ring (bicyclic) bond motifs is 2. The highest BCUT2D eigenvalue weighted by molar-refractivity contribution is 8.00. The molecule has 3 aromatic rings. The summed E-state index contributed by atoms with van der Waals surface area (Å²) >= 11 is 1.44. The number of para-hydroxylation sites is 1. The molecule has 30 heavy (non-hydrogen) atoms. The first-order valence-electron chi connectivity index (χ1n) is 9.52. The van der Waals surface area contributed by atoms with Crippen LogP contribution >= 0.6 is 11.8 Å². The van der Waals surface area contributed by atoms with Crippen LogP contribution in [0.1, 0.15) is 6.92 Å². The maximum absolute atomic E-state index is 12.5. The molecule has 0 spiro atoms. The molecule has 0 fully saturated rings. The fourth-order valence-corrected chi connectivity index (χ4v) is 4.19. The molecule has 1 unspecified atom stereocenters. The zero-order chi connectivity index (χ0) is 21.1. The zero-order valence-electron chi connectivity index (χ0n) is 16.3. The molecule has 0 radical (unpaired) electrons. The van der Waals surface area contributed by atoms with Crippen LogP contribution in [-0.4, -0.2) is 36.2 Å². The molecule has 0 bridgehead atoms. The number of rotatable bonds is 5. The quantitative estimate of drug-likeness (QED) is 0.635. The van der Waals surface area contributed by atoms with E-state index in [1.165, 1.54) is 23.6 Å². The fraction of sp³-hybridized carbons (Fsp3) is 0.174. The summed E-state index contributed by atoms with van der Waals surface area (Å²) in [5.74, 6) is -0.961. The number of esters is 1. The average molecular weight is 420 g/mol. The number of nitrogens with zero attached hydrogens (tertiary/aromatic N) is 1. The number of amides is 2. The van der Waals surface area contributed by atoms with Crippen LogP contribution in [0.5, 0.6) is 0 Å². The summed E-state index contributed by atoms with van der Waals surface area (Å²) in [5.41, 5.74) is 1.31. The minimum Gasteiger partial charge on any atom is -0.451 e. The van der Waals surface area contributed by atoms with Crippen molar-refractivity contribution in [1.29, 1.82) is 0 Å². The van der Waals surface area contributed by atoms with Gasteiger partial charge in [0.1, 0.15) is 6.54 Å². The van der Waals surface area contributed by atoms with Crippen molar-refractivity contribution in [2.75, 3.05) is 22.5 Å². The minimum atomic E-state index is -0.992. The second-order valence-corrected chi connectivity index (χ2v) is 7.94. The van der Waals surface area contributed by atoms with E-state index in [1.807, 2.05) is 54.6 Å². The predicted molar refractivity (Wildman–Crippen MR) is 118 cm³/mol. The van der Waals surface area contributed by atoms with Gasteiger partial charge in [-0.2, -0.15) is 0 Å². The molecule has 4 rings (SSSR count). The van der Waals surface area contributed by atoms with Crippen molar-refractivity contribution in [3.05, 3.63) is 66.7 Å². The molecule has 1 N–H and O–H groups in total. The summed E-state index contributed by atoms with van der Waals surface area (Å²) in [7, 11) is 0. The predicted octanol–water partition coefficient (Wildman–Crippen LogP) is 3.85. The number of hydrogen-bond acceptors (Lipinski definition) is 5. The molecular formula is C23H20N2O4S. The van der Waals surface area contributed by atoms with E-state index in [9.17, 15) is 14.4 Å². The maximum atomic E-state index is 12.5. The Hall–Kier alpha value is -3.32. The second kappa shape index (κ2) is 8.59. The highest BCUT2D eigenvalue weighted by Crippen LogP contribution is 2.34. The van der Waals surface area contributed by atoms with E-state index in [0.29, 0.717) is 11.4 Å². The van der Waals surface area contributed by atoms with E-state index in [2.05, 4.69) is 5.32 Å². The summed E-state index contributed by atoms with van der Waals surface area (Å²) in [6, 6.07) is 20.8. The molecule has 0 saturated carbocycles. The Kier molecular flexibility index (Phi) is 5.72.